The highest BCUT2D eigenvalue weighted by Crippen LogP contribution is 2.37. The molecule has 7 nitrogen and oxygen atoms in total. The third-order valence-corrected chi connectivity index (χ3v) is 6.95. The summed E-state index contributed by atoms with van der Waals surface area (Å²) in [5.74, 6) is 1.22. The lowest BCUT2D eigenvalue weighted by Crippen LogP contribution is -2.21. The minimum absolute atomic E-state index is 0.0136. The molecule has 5 rings (SSSR count). The summed E-state index contributed by atoms with van der Waals surface area (Å²) in [6, 6.07) is 42.2. The fraction of sp³-hybridized carbons (Fsp3) is 0.167. The number of ether oxygens (including phenoxy) is 2. The van der Waals surface area contributed by atoms with Crippen molar-refractivity contribution in [2.45, 2.75) is 12.2 Å². The van der Waals surface area contributed by atoms with Crippen molar-refractivity contribution < 1.29 is 29.9 Å². The fourth-order valence-corrected chi connectivity index (χ4v) is 4.61. The highest BCUT2D eigenvalue weighted by molar-refractivity contribution is 5.80. The lowest BCUT2D eigenvalue weighted by atomic mass is 10.0. The third-order valence-electron chi connectivity index (χ3n) is 6.95. The maximum absolute atomic E-state index is 9.63. The summed E-state index contributed by atoms with van der Waals surface area (Å²) in [6.45, 7) is -0.650. The second-order valence-electron chi connectivity index (χ2n) is 10.1. The molecule has 43 heavy (non-hydrogen) atoms. The van der Waals surface area contributed by atoms with Gasteiger partial charge < -0.3 is 34.8 Å². The largest absolute Gasteiger partial charge is 0.491 e. The Labute approximate surface area is 251 Å². The topological polar surface area (TPSA) is 103 Å². The second kappa shape index (κ2) is 14.5. The molecule has 0 saturated carbocycles. The maximum Gasteiger partial charge on any atom is 0.119 e. The highest BCUT2D eigenvalue weighted by atomic mass is 16.5. The Morgan fingerprint density at radius 3 is 1.16 bits per heavy atom. The number of hydrogen-bond acceptors (Lipinski definition) is 7. The first kappa shape index (κ1) is 29.8. The zero-order chi connectivity index (χ0) is 30.0. The van der Waals surface area contributed by atoms with Gasteiger partial charge >= 0.3 is 0 Å². The molecule has 0 radical (unpaired) electrons. The van der Waals surface area contributed by atoms with Crippen LogP contribution in [0.2, 0.25) is 0 Å². The average molecular weight is 578 g/mol. The number of anilines is 3. The summed E-state index contributed by atoms with van der Waals surface area (Å²) >= 11 is 0. The van der Waals surface area contributed by atoms with Crippen molar-refractivity contribution in [2.75, 3.05) is 31.3 Å². The van der Waals surface area contributed by atoms with E-state index in [0.717, 1.165) is 39.3 Å². The minimum Gasteiger partial charge on any atom is -0.491 e. The van der Waals surface area contributed by atoms with Crippen molar-refractivity contribution >= 4 is 17.1 Å². The maximum atomic E-state index is 9.63. The zero-order valence-electron chi connectivity index (χ0n) is 23.7. The van der Waals surface area contributed by atoms with Gasteiger partial charge in [-0.1, -0.05) is 66.7 Å². The molecule has 2 unspecified atom stereocenters. The van der Waals surface area contributed by atoms with Gasteiger partial charge in [0.25, 0.3) is 0 Å². The molecule has 220 valence electrons. The molecule has 0 aromatic heterocycles. The lowest BCUT2D eigenvalue weighted by molar-refractivity contribution is 0.0536. The van der Waals surface area contributed by atoms with Gasteiger partial charge in [-0.2, -0.15) is 0 Å². The van der Waals surface area contributed by atoms with Gasteiger partial charge in [-0.15, -0.1) is 0 Å². The summed E-state index contributed by atoms with van der Waals surface area (Å²) in [5, 5.41) is 37.2. The van der Waals surface area contributed by atoms with Crippen LogP contribution >= 0.6 is 0 Å². The average Bonchev–Trinajstić information content (AvgIpc) is 3.08. The molecule has 0 aliphatic rings. The lowest BCUT2D eigenvalue weighted by Gasteiger charge is -2.26. The first-order valence-electron chi connectivity index (χ1n) is 14.1. The van der Waals surface area contributed by atoms with E-state index in [-0.39, 0.29) is 26.4 Å². The molecule has 4 N–H and O–H groups in total. The summed E-state index contributed by atoms with van der Waals surface area (Å²) in [4.78, 5) is 2.16. The van der Waals surface area contributed by atoms with Gasteiger partial charge in [0.2, 0.25) is 0 Å². The molecule has 0 aliphatic heterocycles. The SMILES string of the molecule is OCC(O)COc1ccc(-c2ccc(N(c3ccc(OCC(O)CO)cc3)c3ccc(-c4ccccc4)cc3)cc2)cc1. The zero-order valence-corrected chi connectivity index (χ0v) is 23.7. The molecule has 0 heterocycles. The molecule has 5 aromatic rings. The third kappa shape index (κ3) is 7.80. The van der Waals surface area contributed by atoms with Gasteiger partial charge in [-0.3, -0.25) is 0 Å². The molecule has 0 amide bonds. The van der Waals surface area contributed by atoms with E-state index in [0.29, 0.717) is 11.5 Å². The number of hydrogen-bond donors (Lipinski definition) is 4. The predicted molar refractivity (Wildman–Crippen MR) is 169 cm³/mol. The monoisotopic (exact) mass is 577 g/mol. The predicted octanol–water partition coefficient (Wildman–Crippen LogP) is 5.95. The smallest absolute Gasteiger partial charge is 0.119 e. The van der Waals surface area contributed by atoms with Crippen LogP contribution in [-0.2, 0) is 0 Å². The van der Waals surface area contributed by atoms with Crippen LogP contribution in [-0.4, -0.2) is 59.1 Å². The van der Waals surface area contributed by atoms with E-state index in [4.69, 9.17) is 19.7 Å². The first-order chi connectivity index (χ1) is 21.0. The summed E-state index contributed by atoms with van der Waals surface area (Å²) in [5.41, 5.74) is 7.23. The Kier molecular flexibility index (Phi) is 10.0. The first-order valence-corrected chi connectivity index (χ1v) is 14.1. The summed E-state index contributed by atoms with van der Waals surface area (Å²) in [7, 11) is 0. The number of aliphatic hydroxyl groups excluding tert-OH is 4. The van der Waals surface area contributed by atoms with Gasteiger partial charge in [0.15, 0.2) is 0 Å². The van der Waals surface area contributed by atoms with E-state index in [2.05, 4.69) is 65.6 Å². The van der Waals surface area contributed by atoms with Crippen molar-refractivity contribution in [3.05, 3.63) is 127 Å². The molecule has 5 aromatic carbocycles. The van der Waals surface area contributed by atoms with Gasteiger partial charge in [-0.05, 0) is 82.9 Å². The standard InChI is InChI=1S/C36H35NO6/c38-22-33(40)24-42-35-18-10-29(11-19-35)28-8-14-31(15-9-28)37(32-16-20-36(21-17-32)43-25-34(41)23-39)30-12-6-27(7-13-30)26-4-2-1-3-5-26/h1-21,33-34,38-41H,22-25H2. The van der Waals surface area contributed by atoms with Crippen LogP contribution < -0.4 is 14.4 Å². The van der Waals surface area contributed by atoms with Crippen LogP contribution in [0.25, 0.3) is 22.3 Å². The Morgan fingerprint density at radius 2 is 0.767 bits per heavy atom. The molecule has 0 fully saturated rings. The van der Waals surface area contributed by atoms with Gasteiger partial charge in [0.05, 0.1) is 13.2 Å². The molecule has 0 spiro atoms. The number of aliphatic hydroxyl groups is 4. The van der Waals surface area contributed by atoms with E-state index in [9.17, 15) is 10.2 Å². The molecule has 0 saturated heterocycles. The van der Waals surface area contributed by atoms with E-state index >= 15 is 0 Å². The molecular weight excluding hydrogens is 542 g/mol. The quantitative estimate of drug-likeness (QED) is 0.137. The van der Waals surface area contributed by atoms with Crippen molar-refractivity contribution in [3.63, 3.8) is 0 Å². The van der Waals surface area contributed by atoms with Crippen LogP contribution in [0.3, 0.4) is 0 Å². The Hall–Kier alpha value is -4.66. The van der Waals surface area contributed by atoms with E-state index in [1.807, 2.05) is 66.7 Å². The molecule has 7 heteroatoms. The highest BCUT2D eigenvalue weighted by Gasteiger charge is 2.14. The Balaban J connectivity index is 1.40. The summed E-state index contributed by atoms with van der Waals surface area (Å²) < 4.78 is 11.1. The second-order valence-corrected chi connectivity index (χ2v) is 10.1. The van der Waals surface area contributed by atoms with Crippen LogP contribution in [0.4, 0.5) is 17.1 Å². The Morgan fingerprint density at radius 1 is 0.442 bits per heavy atom. The van der Waals surface area contributed by atoms with Gasteiger partial charge in [-0.25, -0.2) is 0 Å². The van der Waals surface area contributed by atoms with E-state index in [1.165, 1.54) is 0 Å². The minimum atomic E-state index is -0.930. The fourth-order valence-electron chi connectivity index (χ4n) is 4.61. The van der Waals surface area contributed by atoms with Crippen LogP contribution in [0, 0.1) is 0 Å². The van der Waals surface area contributed by atoms with E-state index < -0.39 is 12.2 Å². The van der Waals surface area contributed by atoms with Gasteiger partial charge in [0.1, 0.15) is 36.9 Å². The van der Waals surface area contributed by atoms with Gasteiger partial charge in [0, 0.05) is 17.1 Å². The number of rotatable bonds is 13. The molecule has 0 bridgehead atoms. The molecule has 2 atom stereocenters. The van der Waals surface area contributed by atoms with E-state index in [1.54, 1.807) is 0 Å². The number of benzene rings is 5. The van der Waals surface area contributed by atoms with Crippen LogP contribution in [0.5, 0.6) is 11.5 Å². The molecular formula is C36H35NO6. The van der Waals surface area contributed by atoms with Crippen LogP contribution in [0.1, 0.15) is 0 Å². The van der Waals surface area contributed by atoms with Crippen molar-refractivity contribution in [3.8, 4) is 33.8 Å². The Bertz CT molecular complexity index is 1540. The van der Waals surface area contributed by atoms with Crippen molar-refractivity contribution in [1.82, 2.24) is 0 Å². The van der Waals surface area contributed by atoms with Crippen molar-refractivity contribution in [2.24, 2.45) is 0 Å². The molecule has 0 aliphatic carbocycles. The normalized spacial score (nSPS) is 12.4. The summed E-state index contributed by atoms with van der Waals surface area (Å²) in [6.07, 6.45) is -1.84. The van der Waals surface area contributed by atoms with Crippen molar-refractivity contribution in [1.29, 1.82) is 0 Å². The van der Waals surface area contributed by atoms with Crippen LogP contribution in [0.15, 0.2) is 127 Å². The number of nitrogens with zero attached hydrogens (tertiary/aromatic N) is 1.